The summed E-state index contributed by atoms with van der Waals surface area (Å²) in [7, 11) is 1.67. The molecule has 0 aromatic heterocycles. The van der Waals surface area contributed by atoms with Gasteiger partial charge in [0.25, 0.3) is 0 Å². The summed E-state index contributed by atoms with van der Waals surface area (Å²) in [5.74, 6) is -0.815. The summed E-state index contributed by atoms with van der Waals surface area (Å²) >= 11 is 0. The highest BCUT2D eigenvalue weighted by atomic mass is 16.5. The van der Waals surface area contributed by atoms with Gasteiger partial charge in [0.1, 0.15) is 6.04 Å². The van der Waals surface area contributed by atoms with Gasteiger partial charge in [0, 0.05) is 19.6 Å². The highest BCUT2D eigenvalue weighted by molar-refractivity contribution is 5.73. The van der Waals surface area contributed by atoms with Gasteiger partial charge in [-0.3, -0.25) is 9.69 Å². The molecule has 0 spiro atoms. The van der Waals surface area contributed by atoms with Crippen molar-refractivity contribution >= 4 is 5.97 Å². The van der Waals surface area contributed by atoms with Crippen LogP contribution in [0.2, 0.25) is 0 Å². The van der Waals surface area contributed by atoms with Gasteiger partial charge in [0.05, 0.1) is 13.2 Å². The van der Waals surface area contributed by atoms with Crippen LogP contribution in [0.5, 0.6) is 0 Å². The first-order valence-electron chi connectivity index (χ1n) is 6.97. The minimum atomic E-state index is -0.815. The summed E-state index contributed by atoms with van der Waals surface area (Å²) in [5, 5.41) is 11.8. The van der Waals surface area contributed by atoms with Crippen LogP contribution >= 0.6 is 0 Å². The van der Waals surface area contributed by atoms with Crippen molar-refractivity contribution < 1.29 is 14.6 Å². The Morgan fingerprint density at radius 1 is 1.30 bits per heavy atom. The average molecular weight is 278 g/mol. The zero-order valence-electron chi connectivity index (χ0n) is 11.8. The minimum absolute atomic E-state index is 0.504. The maximum atomic E-state index is 11.0. The number of rotatable bonds is 6. The summed E-state index contributed by atoms with van der Waals surface area (Å²) in [5.41, 5.74) is 2.30. The normalized spacial score (nSPS) is 17.9. The molecule has 1 atom stereocenters. The predicted octanol–water partition coefficient (Wildman–Crippen LogP) is 0.734. The smallest absolute Gasteiger partial charge is 0.321 e. The minimum Gasteiger partial charge on any atom is -0.480 e. The summed E-state index contributed by atoms with van der Waals surface area (Å²) in [6.07, 6.45) is 0.504. The topological polar surface area (TPSA) is 61.8 Å². The molecule has 1 aliphatic heterocycles. The molecule has 1 fully saturated rings. The number of aliphatic carboxylic acids is 1. The molecular formula is C15H22N2O3. The van der Waals surface area contributed by atoms with Crippen LogP contribution in [0.4, 0.5) is 0 Å². The van der Waals surface area contributed by atoms with E-state index in [0.717, 1.165) is 38.4 Å². The van der Waals surface area contributed by atoms with Crippen LogP contribution in [0.25, 0.3) is 0 Å². The van der Waals surface area contributed by atoms with E-state index < -0.39 is 12.0 Å². The lowest BCUT2D eigenvalue weighted by molar-refractivity contribution is -0.139. The SMILES string of the molecule is CN[C@@H](Cc1ccc(CN2CCOCC2)cc1)C(=O)O. The molecule has 0 unspecified atom stereocenters. The number of nitrogens with one attached hydrogen (secondary N) is 1. The molecule has 110 valence electrons. The Balaban J connectivity index is 1.90. The van der Waals surface area contributed by atoms with E-state index in [1.807, 2.05) is 12.1 Å². The summed E-state index contributed by atoms with van der Waals surface area (Å²) in [6.45, 7) is 4.49. The lowest BCUT2D eigenvalue weighted by Gasteiger charge is -2.26. The van der Waals surface area contributed by atoms with Crippen molar-refractivity contribution in [2.24, 2.45) is 0 Å². The van der Waals surface area contributed by atoms with Crippen molar-refractivity contribution in [3.05, 3.63) is 35.4 Å². The molecular weight excluding hydrogens is 256 g/mol. The third-order valence-electron chi connectivity index (χ3n) is 3.62. The molecule has 20 heavy (non-hydrogen) atoms. The molecule has 0 amide bonds. The van der Waals surface area contributed by atoms with Crippen LogP contribution in [0, 0.1) is 0 Å². The second-order valence-electron chi connectivity index (χ2n) is 5.09. The second kappa shape index (κ2) is 7.38. The standard InChI is InChI=1S/C15H22N2O3/c1-16-14(15(18)19)10-12-2-4-13(5-3-12)11-17-6-8-20-9-7-17/h2-5,14,16H,6-11H2,1H3,(H,18,19)/t14-/m0/s1. The fraction of sp³-hybridized carbons (Fsp3) is 0.533. The van der Waals surface area contributed by atoms with E-state index in [2.05, 4.69) is 22.3 Å². The van der Waals surface area contributed by atoms with Gasteiger partial charge in [-0.1, -0.05) is 24.3 Å². The Bertz CT molecular complexity index is 427. The molecule has 0 aliphatic carbocycles. The molecule has 0 radical (unpaired) electrons. The van der Waals surface area contributed by atoms with Gasteiger partial charge in [0.15, 0.2) is 0 Å². The van der Waals surface area contributed by atoms with Crippen molar-refractivity contribution in [2.75, 3.05) is 33.4 Å². The van der Waals surface area contributed by atoms with Crippen molar-refractivity contribution in [1.82, 2.24) is 10.2 Å². The number of morpholine rings is 1. The van der Waals surface area contributed by atoms with E-state index in [9.17, 15) is 4.79 Å². The zero-order chi connectivity index (χ0) is 14.4. The van der Waals surface area contributed by atoms with Crippen LogP contribution in [0.1, 0.15) is 11.1 Å². The highest BCUT2D eigenvalue weighted by Crippen LogP contribution is 2.10. The van der Waals surface area contributed by atoms with Crippen molar-refractivity contribution in [3.63, 3.8) is 0 Å². The number of carbonyl (C=O) groups is 1. The van der Waals surface area contributed by atoms with E-state index in [4.69, 9.17) is 9.84 Å². The summed E-state index contributed by atoms with van der Waals surface area (Å²) in [6, 6.07) is 7.67. The average Bonchev–Trinajstić information content (AvgIpc) is 2.47. The van der Waals surface area contributed by atoms with E-state index in [1.54, 1.807) is 7.05 Å². The van der Waals surface area contributed by atoms with Gasteiger partial charge >= 0.3 is 5.97 Å². The van der Waals surface area contributed by atoms with Crippen molar-refractivity contribution in [1.29, 1.82) is 0 Å². The number of ether oxygens (including phenoxy) is 1. The Morgan fingerprint density at radius 2 is 1.90 bits per heavy atom. The summed E-state index contributed by atoms with van der Waals surface area (Å²) in [4.78, 5) is 13.4. The molecule has 0 bridgehead atoms. The van der Waals surface area contributed by atoms with Gasteiger partial charge in [-0.15, -0.1) is 0 Å². The maximum Gasteiger partial charge on any atom is 0.321 e. The quantitative estimate of drug-likeness (QED) is 0.803. The van der Waals surface area contributed by atoms with E-state index >= 15 is 0 Å². The number of benzene rings is 1. The molecule has 5 heteroatoms. The third kappa shape index (κ3) is 4.30. The molecule has 1 heterocycles. The molecule has 1 aromatic carbocycles. The van der Waals surface area contributed by atoms with Gasteiger partial charge < -0.3 is 15.2 Å². The summed E-state index contributed by atoms with van der Waals surface area (Å²) < 4.78 is 5.33. The number of nitrogens with zero attached hydrogens (tertiary/aromatic N) is 1. The molecule has 1 saturated heterocycles. The molecule has 1 aliphatic rings. The Hall–Kier alpha value is -1.43. The first kappa shape index (κ1) is 15.0. The molecule has 0 saturated carbocycles. The van der Waals surface area contributed by atoms with Gasteiger partial charge in [-0.25, -0.2) is 0 Å². The van der Waals surface area contributed by atoms with Gasteiger partial charge in [-0.2, -0.15) is 0 Å². The van der Waals surface area contributed by atoms with E-state index in [0.29, 0.717) is 6.42 Å². The Kier molecular flexibility index (Phi) is 5.52. The molecule has 1 aromatic rings. The Labute approximate surface area is 119 Å². The van der Waals surface area contributed by atoms with Gasteiger partial charge in [0.2, 0.25) is 0 Å². The second-order valence-corrected chi connectivity index (χ2v) is 5.09. The first-order valence-corrected chi connectivity index (χ1v) is 6.97. The number of carboxylic acid groups (broad SMARTS) is 1. The fourth-order valence-corrected chi connectivity index (χ4v) is 2.35. The lowest BCUT2D eigenvalue weighted by atomic mass is 10.0. The molecule has 2 rings (SSSR count). The maximum absolute atomic E-state index is 11.0. The largest absolute Gasteiger partial charge is 0.480 e. The lowest BCUT2D eigenvalue weighted by Crippen LogP contribution is -2.36. The van der Waals surface area contributed by atoms with Crippen LogP contribution in [0.3, 0.4) is 0 Å². The molecule has 2 N–H and O–H groups in total. The van der Waals surface area contributed by atoms with Crippen molar-refractivity contribution in [2.45, 2.75) is 19.0 Å². The number of likely N-dealkylation sites (N-methyl/N-ethyl adjacent to an activating group) is 1. The van der Waals surface area contributed by atoms with Crippen LogP contribution in [-0.2, 0) is 22.5 Å². The van der Waals surface area contributed by atoms with Gasteiger partial charge in [-0.05, 0) is 24.6 Å². The van der Waals surface area contributed by atoms with Crippen molar-refractivity contribution in [3.8, 4) is 0 Å². The van der Waals surface area contributed by atoms with Crippen LogP contribution in [-0.4, -0.2) is 55.4 Å². The van der Waals surface area contributed by atoms with Crippen LogP contribution < -0.4 is 5.32 Å². The fourth-order valence-electron chi connectivity index (χ4n) is 2.35. The first-order chi connectivity index (χ1) is 9.69. The van der Waals surface area contributed by atoms with Crippen LogP contribution in [0.15, 0.2) is 24.3 Å². The van der Waals surface area contributed by atoms with E-state index in [-0.39, 0.29) is 0 Å². The third-order valence-corrected chi connectivity index (χ3v) is 3.62. The zero-order valence-corrected chi connectivity index (χ0v) is 11.8. The monoisotopic (exact) mass is 278 g/mol. The number of carboxylic acids is 1. The highest BCUT2D eigenvalue weighted by Gasteiger charge is 2.15. The number of hydrogen-bond acceptors (Lipinski definition) is 4. The van der Waals surface area contributed by atoms with E-state index in [1.165, 1.54) is 5.56 Å². The Morgan fingerprint density at radius 3 is 2.45 bits per heavy atom. The predicted molar refractivity (Wildman–Crippen MR) is 76.7 cm³/mol. The number of hydrogen-bond donors (Lipinski definition) is 2. The molecule has 5 nitrogen and oxygen atoms in total.